The van der Waals surface area contributed by atoms with Crippen LogP contribution in [0.5, 0.6) is 11.5 Å². The summed E-state index contributed by atoms with van der Waals surface area (Å²) in [6.45, 7) is 4.77. The van der Waals surface area contributed by atoms with Crippen LogP contribution in [0.15, 0.2) is 78.9 Å². The van der Waals surface area contributed by atoms with E-state index in [1.54, 1.807) is 31.3 Å². The number of likely N-dealkylation sites (N-methyl/N-ethyl adjacent to an activating group) is 1. The maximum absolute atomic E-state index is 13.3. The first-order valence-corrected chi connectivity index (χ1v) is 15.3. The molecule has 45 heavy (non-hydrogen) atoms. The molecule has 0 spiro atoms. The Balaban J connectivity index is 1.41. The Kier molecular flexibility index (Phi) is 12.0. The van der Waals surface area contributed by atoms with E-state index in [4.69, 9.17) is 9.47 Å². The van der Waals surface area contributed by atoms with E-state index in [0.29, 0.717) is 17.9 Å². The lowest BCUT2D eigenvalue weighted by molar-refractivity contribution is -0.136. The number of benzene rings is 3. The summed E-state index contributed by atoms with van der Waals surface area (Å²) in [5, 5.41) is 8.42. The van der Waals surface area contributed by atoms with Gasteiger partial charge < -0.3 is 30.3 Å². The van der Waals surface area contributed by atoms with Crippen LogP contribution in [0.3, 0.4) is 0 Å². The highest BCUT2D eigenvalue weighted by atomic mass is 16.5. The van der Waals surface area contributed by atoms with Crippen LogP contribution in [-0.4, -0.2) is 74.0 Å². The zero-order valence-electron chi connectivity index (χ0n) is 26.1. The van der Waals surface area contributed by atoms with Gasteiger partial charge in [-0.3, -0.25) is 19.2 Å². The summed E-state index contributed by atoms with van der Waals surface area (Å²) in [5.74, 6) is -0.376. The van der Waals surface area contributed by atoms with Gasteiger partial charge in [0, 0.05) is 13.5 Å². The van der Waals surface area contributed by atoms with E-state index >= 15 is 0 Å². The van der Waals surface area contributed by atoms with Gasteiger partial charge in [-0.15, -0.1) is 0 Å². The molecular formula is C35H42N4O6. The number of nitrogens with zero attached hydrogens (tertiary/aromatic N) is 1. The lowest BCUT2D eigenvalue weighted by Gasteiger charge is -2.26. The highest BCUT2D eigenvalue weighted by molar-refractivity contribution is 5.99. The summed E-state index contributed by atoms with van der Waals surface area (Å²) >= 11 is 0. The number of ether oxygens (including phenoxy) is 2. The van der Waals surface area contributed by atoms with E-state index in [1.807, 2.05) is 68.4 Å². The first-order chi connectivity index (χ1) is 21.7. The molecular weight excluding hydrogens is 572 g/mol. The fourth-order valence-corrected chi connectivity index (χ4v) is 5.03. The molecule has 4 amide bonds. The number of hydrogen-bond donors (Lipinski definition) is 3. The van der Waals surface area contributed by atoms with E-state index in [1.165, 1.54) is 4.90 Å². The molecule has 0 aromatic heterocycles. The molecule has 0 saturated heterocycles. The number of nitrogens with one attached hydrogen (secondary N) is 3. The standard InChI is InChI=1S/C35H42N4O6/c1-24(2)23-30-35(43)39(3)20-22-45-31-12-8-7-11-28(31)33(41)38-29(17-18-32(40)37-30)34(42)36-19-21-44-27-15-13-26(14-16-27)25-9-5-4-6-10-25/h4-16,24,29-30H,17-23H2,1-3H3,(H,36,42)(H,37,40)(H,38,41)/t29-,30-/m0/s1. The monoisotopic (exact) mass is 614 g/mol. The van der Waals surface area contributed by atoms with Crippen molar-refractivity contribution in [1.29, 1.82) is 0 Å². The summed E-state index contributed by atoms with van der Waals surface area (Å²) in [5.41, 5.74) is 2.43. The van der Waals surface area contributed by atoms with Gasteiger partial charge in [0.25, 0.3) is 5.91 Å². The van der Waals surface area contributed by atoms with Crippen LogP contribution in [0.1, 0.15) is 43.5 Å². The van der Waals surface area contributed by atoms with Crippen molar-refractivity contribution in [1.82, 2.24) is 20.9 Å². The molecule has 0 aliphatic carbocycles. The second-order valence-corrected chi connectivity index (χ2v) is 11.4. The number of amides is 4. The summed E-state index contributed by atoms with van der Waals surface area (Å²) in [4.78, 5) is 54.3. The minimum atomic E-state index is -1.01. The van der Waals surface area contributed by atoms with Gasteiger partial charge in [0.2, 0.25) is 17.7 Å². The summed E-state index contributed by atoms with van der Waals surface area (Å²) < 4.78 is 11.7. The summed E-state index contributed by atoms with van der Waals surface area (Å²) in [6, 6.07) is 22.7. The number of carbonyl (C=O) groups excluding carboxylic acids is 4. The van der Waals surface area contributed by atoms with Gasteiger partial charge in [-0.05, 0) is 54.2 Å². The number of fused-ring (bicyclic) bond motifs is 1. The van der Waals surface area contributed by atoms with Gasteiger partial charge >= 0.3 is 0 Å². The average molecular weight is 615 g/mol. The predicted molar refractivity (Wildman–Crippen MR) is 172 cm³/mol. The molecule has 0 fully saturated rings. The van der Waals surface area contributed by atoms with Gasteiger partial charge in [-0.25, -0.2) is 0 Å². The third-order valence-corrected chi connectivity index (χ3v) is 7.45. The van der Waals surface area contributed by atoms with Crippen molar-refractivity contribution in [2.75, 3.05) is 33.4 Å². The van der Waals surface area contributed by atoms with Crippen molar-refractivity contribution in [3.05, 3.63) is 84.4 Å². The minimum absolute atomic E-state index is 0.0344. The van der Waals surface area contributed by atoms with E-state index in [2.05, 4.69) is 16.0 Å². The van der Waals surface area contributed by atoms with Crippen molar-refractivity contribution in [3.8, 4) is 22.6 Å². The average Bonchev–Trinajstić information content (AvgIpc) is 3.04. The summed E-state index contributed by atoms with van der Waals surface area (Å²) in [6.07, 6.45) is 0.438. The Morgan fingerprint density at radius 2 is 1.64 bits per heavy atom. The largest absolute Gasteiger partial charge is 0.492 e. The number of hydrogen-bond acceptors (Lipinski definition) is 6. The van der Waals surface area contributed by atoms with Gasteiger partial charge in [0.05, 0.1) is 18.7 Å². The molecule has 0 saturated carbocycles. The summed E-state index contributed by atoms with van der Waals surface area (Å²) in [7, 11) is 1.66. The molecule has 10 heteroatoms. The molecule has 1 aliphatic rings. The van der Waals surface area contributed by atoms with E-state index in [0.717, 1.165) is 11.1 Å². The normalized spacial score (nSPS) is 18.0. The maximum atomic E-state index is 13.3. The van der Waals surface area contributed by atoms with Crippen LogP contribution in [-0.2, 0) is 14.4 Å². The number of rotatable bonds is 8. The molecule has 0 unspecified atom stereocenters. The lowest BCUT2D eigenvalue weighted by atomic mass is 10.0. The topological polar surface area (TPSA) is 126 Å². The Morgan fingerprint density at radius 1 is 0.956 bits per heavy atom. The van der Waals surface area contributed by atoms with Gasteiger partial charge in [0.1, 0.15) is 36.8 Å². The minimum Gasteiger partial charge on any atom is -0.492 e. The van der Waals surface area contributed by atoms with Gasteiger partial charge in [-0.2, -0.15) is 0 Å². The lowest BCUT2D eigenvalue weighted by Crippen LogP contribution is -2.50. The fourth-order valence-electron chi connectivity index (χ4n) is 5.03. The van der Waals surface area contributed by atoms with Crippen LogP contribution in [0.25, 0.3) is 11.1 Å². The molecule has 238 valence electrons. The molecule has 1 heterocycles. The molecule has 1 aliphatic heterocycles. The van der Waals surface area contributed by atoms with Crippen LogP contribution in [0.4, 0.5) is 0 Å². The quantitative estimate of drug-likeness (QED) is 0.332. The molecule has 2 atom stereocenters. The SMILES string of the molecule is CC(C)C[C@@H]1NC(=O)CC[C@@H](C(=O)NCCOc2ccc(-c3ccccc3)cc2)NC(=O)c2ccccc2OCCN(C)C1=O. The van der Waals surface area contributed by atoms with Crippen molar-refractivity contribution in [2.45, 2.75) is 45.2 Å². The Bertz CT molecular complexity index is 1440. The highest BCUT2D eigenvalue weighted by Crippen LogP contribution is 2.22. The molecule has 3 N–H and O–H groups in total. The first-order valence-electron chi connectivity index (χ1n) is 15.3. The zero-order chi connectivity index (χ0) is 32.2. The molecule has 3 aromatic carbocycles. The third-order valence-electron chi connectivity index (χ3n) is 7.45. The number of para-hydroxylation sites is 1. The van der Waals surface area contributed by atoms with Crippen molar-refractivity contribution in [2.24, 2.45) is 5.92 Å². The third kappa shape index (κ3) is 9.82. The van der Waals surface area contributed by atoms with Gasteiger partial charge in [-0.1, -0.05) is 68.4 Å². The van der Waals surface area contributed by atoms with Crippen LogP contribution in [0, 0.1) is 5.92 Å². The molecule has 0 radical (unpaired) electrons. The van der Waals surface area contributed by atoms with Crippen molar-refractivity contribution >= 4 is 23.6 Å². The van der Waals surface area contributed by atoms with Gasteiger partial charge in [0.15, 0.2) is 0 Å². The Hall–Kier alpha value is -4.86. The van der Waals surface area contributed by atoms with Crippen LogP contribution >= 0.6 is 0 Å². The van der Waals surface area contributed by atoms with Crippen LogP contribution in [0.2, 0.25) is 0 Å². The van der Waals surface area contributed by atoms with Crippen molar-refractivity contribution < 1.29 is 28.7 Å². The molecule has 3 aromatic rings. The molecule has 4 rings (SSSR count). The Morgan fingerprint density at radius 3 is 2.38 bits per heavy atom. The zero-order valence-corrected chi connectivity index (χ0v) is 26.1. The van der Waals surface area contributed by atoms with Crippen LogP contribution < -0.4 is 25.4 Å². The van der Waals surface area contributed by atoms with E-state index in [9.17, 15) is 19.2 Å². The smallest absolute Gasteiger partial charge is 0.255 e. The fraction of sp³-hybridized carbons (Fsp3) is 0.371. The first kappa shape index (κ1) is 33.0. The molecule has 10 nitrogen and oxygen atoms in total. The Labute approximate surface area is 264 Å². The van der Waals surface area contributed by atoms with E-state index < -0.39 is 23.9 Å². The second kappa shape index (κ2) is 16.3. The van der Waals surface area contributed by atoms with Crippen molar-refractivity contribution in [3.63, 3.8) is 0 Å². The highest BCUT2D eigenvalue weighted by Gasteiger charge is 2.28. The number of carbonyl (C=O) groups is 4. The predicted octanol–water partition coefficient (Wildman–Crippen LogP) is 3.81. The van der Waals surface area contributed by atoms with E-state index in [-0.39, 0.29) is 62.4 Å². The maximum Gasteiger partial charge on any atom is 0.255 e. The molecule has 0 bridgehead atoms. The second-order valence-electron chi connectivity index (χ2n) is 11.4.